The van der Waals surface area contributed by atoms with Crippen LogP contribution in [-0.4, -0.2) is 32.1 Å². The number of hydrogen-bond acceptors (Lipinski definition) is 6. The molecule has 0 N–H and O–H groups in total. The summed E-state index contributed by atoms with van der Waals surface area (Å²) in [5.74, 6) is 1.02. The van der Waals surface area contributed by atoms with Gasteiger partial charge in [-0.2, -0.15) is 0 Å². The molecule has 2 aromatic rings. The molecule has 0 aliphatic carbocycles. The summed E-state index contributed by atoms with van der Waals surface area (Å²) in [7, 11) is 1.56. The minimum atomic E-state index is -0.457. The van der Waals surface area contributed by atoms with Crippen LogP contribution in [0.2, 0.25) is 0 Å². The van der Waals surface area contributed by atoms with Gasteiger partial charge in [0.15, 0.2) is 12.4 Å². The number of ether oxygens (including phenoxy) is 4. The smallest absolute Gasteiger partial charge is 0.344 e. The predicted octanol–water partition coefficient (Wildman–Crippen LogP) is 4.32. The number of rotatable bonds is 6. The lowest BCUT2D eigenvalue weighted by molar-refractivity contribution is -0.145. The van der Waals surface area contributed by atoms with Crippen molar-refractivity contribution in [1.82, 2.24) is 0 Å². The molecule has 0 atom stereocenters. The van der Waals surface area contributed by atoms with Crippen molar-refractivity contribution in [3.63, 3.8) is 0 Å². The number of Topliss-reactive ketones (excluding diaryl/α,β-unsaturated/α-hetero) is 1. The second kappa shape index (κ2) is 8.48. The van der Waals surface area contributed by atoms with Crippen LogP contribution < -0.4 is 14.2 Å². The minimum absolute atomic E-state index is 0.192. The van der Waals surface area contributed by atoms with E-state index in [9.17, 15) is 9.59 Å². The predicted molar refractivity (Wildman–Crippen MR) is 107 cm³/mol. The zero-order chi connectivity index (χ0) is 20.3. The third kappa shape index (κ3) is 4.04. The Labute approximate surface area is 171 Å². The van der Waals surface area contributed by atoms with Crippen LogP contribution in [0.4, 0.5) is 0 Å². The fraction of sp³-hybridized carbons (Fsp3) is 0.238. The number of fused-ring (bicyclic) bond motifs is 1. The highest BCUT2D eigenvalue weighted by atomic mass is 79.9. The van der Waals surface area contributed by atoms with Crippen LogP contribution in [-0.2, 0) is 9.53 Å². The van der Waals surface area contributed by atoms with E-state index in [2.05, 4.69) is 15.9 Å². The van der Waals surface area contributed by atoms with Crippen molar-refractivity contribution in [1.29, 1.82) is 0 Å². The maximum atomic E-state index is 12.7. The highest BCUT2D eigenvalue weighted by molar-refractivity contribution is 9.10. The minimum Gasteiger partial charge on any atom is -0.496 e. The Balaban J connectivity index is 1.88. The van der Waals surface area contributed by atoms with Crippen molar-refractivity contribution >= 4 is 33.8 Å². The van der Waals surface area contributed by atoms with Crippen LogP contribution in [0.1, 0.15) is 28.4 Å². The Bertz CT molecular complexity index is 964. The Morgan fingerprint density at radius 2 is 1.96 bits per heavy atom. The molecular formula is C21H19BrO6. The molecule has 0 amide bonds. The molecule has 0 saturated heterocycles. The molecular weight excluding hydrogens is 428 g/mol. The average Bonchev–Trinajstić information content (AvgIpc) is 2.98. The molecule has 2 aromatic carbocycles. The van der Waals surface area contributed by atoms with Gasteiger partial charge >= 0.3 is 5.97 Å². The first kappa shape index (κ1) is 19.9. The summed E-state index contributed by atoms with van der Waals surface area (Å²) in [5, 5.41) is 0. The van der Waals surface area contributed by atoms with Crippen molar-refractivity contribution in [3.05, 3.63) is 57.3 Å². The van der Waals surface area contributed by atoms with Gasteiger partial charge < -0.3 is 18.9 Å². The SMILES string of the molecule is CCOC(=O)COc1ccc2c(c1C)O/C(=C\c1cc(Br)ccc1OC)C2=O. The van der Waals surface area contributed by atoms with Gasteiger partial charge in [0.2, 0.25) is 5.78 Å². The van der Waals surface area contributed by atoms with Crippen molar-refractivity contribution in [2.24, 2.45) is 0 Å². The molecule has 0 saturated carbocycles. The zero-order valence-electron chi connectivity index (χ0n) is 15.7. The van der Waals surface area contributed by atoms with Crippen LogP contribution in [0.25, 0.3) is 6.08 Å². The van der Waals surface area contributed by atoms with E-state index in [1.54, 1.807) is 45.2 Å². The van der Waals surface area contributed by atoms with Crippen molar-refractivity contribution in [3.8, 4) is 17.2 Å². The van der Waals surface area contributed by atoms with Gasteiger partial charge in [-0.1, -0.05) is 15.9 Å². The molecule has 0 spiro atoms. The zero-order valence-corrected chi connectivity index (χ0v) is 17.3. The highest BCUT2D eigenvalue weighted by Gasteiger charge is 2.30. The monoisotopic (exact) mass is 446 g/mol. The first-order chi connectivity index (χ1) is 13.4. The van der Waals surface area contributed by atoms with Crippen LogP contribution in [0.15, 0.2) is 40.6 Å². The summed E-state index contributed by atoms with van der Waals surface area (Å²) in [4.78, 5) is 24.2. The molecule has 146 valence electrons. The maximum Gasteiger partial charge on any atom is 0.344 e. The first-order valence-corrected chi connectivity index (χ1v) is 9.43. The third-order valence-electron chi connectivity index (χ3n) is 4.17. The Hall–Kier alpha value is -2.80. The van der Waals surface area contributed by atoms with E-state index in [4.69, 9.17) is 18.9 Å². The summed E-state index contributed by atoms with van der Waals surface area (Å²) in [6.07, 6.45) is 1.64. The Kier molecular flexibility index (Phi) is 6.04. The number of allylic oxidation sites excluding steroid dienone is 1. The van der Waals surface area contributed by atoms with Gasteiger partial charge in [-0.15, -0.1) is 0 Å². The van der Waals surface area contributed by atoms with Gasteiger partial charge in [-0.3, -0.25) is 4.79 Å². The summed E-state index contributed by atoms with van der Waals surface area (Å²) < 4.78 is 22.4. The van der Waals surface area contributed by atoms with Crippen molar-refractivity contribution < 1.29 is 28.5 Å². The van der Waals surface area contributed by atoms with Gasteiger partial charge in [-0.05, 0) is 50.3 Å². The number of hydrogen-bond donors (Lipinski definition) is 0. The Morgan fingerprint density at radius 1 is 1.21 bits per heavy atom. The second-order valence-corrected chi connectivity index (χ2v) is 6.90. The largest absolute Gasteiger partial charge is 0.496 e. The molecule has 6 nitrogen and oxygen atoms in total. The lowest BCUT2D eigenvalue weighted by Gasteiger charge is -2.11. The lowest BCUT2D eigenvalue weighted by Crippen LogP contribution is -2.15. The summed E-state index contributed by atoms with van der Waals surface area (Å²) in [5.41, 5.74) is 1.80. The van der Waals surface area contributed by atoms with Crippen LogP contribution in [0.5, 0.6) is 17.2 Å². The number of halogens is 1. The molecule has 0 aromatic heterocycles. The van der Waals surface area contributed by atoms with Crippen LogP contribution in [0.3, 0.4) is 0 Å². The molecule has 0 radical (unpaired) electrons. The van der Waals surface area contributed by atoms with Gasteiger partial charge in [0, 0.05) is 15.6 Å². The number of esters is 1. The van der Waals surface area contributed by atoms with Crippen LogP contribution >= 0.6 is 15.9 Å². The van der Waals surface area contributed by atoms with E-state index in [1.165, 1.54) is 0 Å². The van der Waals surface area contributed by atoms with E-state index in [1.807, 2.05) is 12.1 Å². The van der Waals surface area contributed by atoms with E-state index in [0.29, 0.717) is 33.9 Å². The number of carbonyl (C=O) groups is 2. The number of ketones is 1. The Morgan fingerprint density at radius 3 is 2.68 bits per heavy atom. The van der Waals surface area contributed by atoms with E-state index >= 15 is 0 Å². The second-order valence-electron chi connectivity index (χ2n) is 5.99. The molecule has 0 bridgehead atoms. The highest BCUT2D eigenvalue weighted by Crippen LogP contribution is 2.40. The molecule has 28 heavy (non-hydrogen) atoms. The quantitative estimate of drug-likeness (QED) is 0.485. The molecule has 7 heteroatoms. The molecule has 0 unspecified atom stereocenters. The lowest BCUT2D eigenvalue weighted by atomic mass is 10.1. The van der Waals surface area contributed by atoms with Gasteiger partial charge in [0.05, 0.1) is 19.3 Å². The maximum absolute atomic E-state index is 12.7. The van der Waals surface area contributed by atoms with Gasteiger partial charge in [0.25, 0.3) is 0 Å². The average molecular weight is 447 g/mol. The first-order valence-electron chi connectivity index (χ1n) is 8.64. The normalized spacial score (nSPS) is 13.9. The molecule has 1 heterocycles. The molecule has 0 fully saturated rings. The van der Waals surface area contributed by atoms with Gasteiger partial charge in [0.1, 0.15) is 17.2 Å². The third-order valence-corrected chi connectivity index (χ3v) is 4.66. The molecule has 1 aliphatic heterocycles. The van der Waals surface area contributed by atoms with E-state index < -0.39 is 5.97 Å². The number of carbonyl (C=O) groups excluding carboxylic acids is 2. The molecule has 3 rings (SSSR count). The number of methoxy groups -OCH3 is 1. The summed E-state index contributed by atoms with van der Waals surface area (Å²) in [6.45, 7) is 3.58. The standard InChI is InChI=1S/C21H19BrO6/c1-4-26-19(23)11-27-16-8-6-15-20(24)18(28-21(15)12(16)2)10-13-9-14(22)5-7-17(13)25-3/h5-10H,4,11H2,1-3H3/b18-10-. The fourth-order valence-electron chi connectivity index (χ4n) is 2.82. The topological polar surface area (TPSA) is 71.1 Å². The van der Waals surface area contributed by atoms with Crippen molar-refractivity contribution in [2.75, 3.05) is 20.3 Å². The van der Waals surface area contributed by atoms with Crippen molar-refractivity contribution in [2.45, 2.75) is 13.8 Å². The van der Waals surface area contributed by atoms with E-state index in [0.717, 1.165) is 4.47 Å². The van der Waals surface area contributed by atoms with E-state index in [-0.39, 0.29) is 24.8 Å². The number of benzene rings is 2. The fourth-order valence-corrected chi connectivity index (χ4v) is 3.20. The summed E-state index contributed by atoms with van der Waals surface area (Å²) >= 11 is 3.41. The van der Waals surface area contributed by atoms with Crippen LogP contribution in [0, 0.1) is 6.92 Å². The summed E-state index contributed by atoms with van der Waals surface area (Å²) in [6, 6.07) is 8.77. The van der Waals surface area contributed by atoms with Gasteiger partial charge in [-0.25, -0.2) is 4.79 Å². The molecule has 1 aliphatic rings.